The van der Waals surface area contributed by atoms with E-state index in [4.69, 9.17) is 23.2 Å². The van der Waals surface area contributed by atoms with E-state index in [1.165, 1.54) is 6.07 Å². The Balaban J connectivity index is 1.85. The zero-order chi connectivity index (χ0) is 19.6. The number of rotatable bonds is 4. The molecule has 4 nitrogen and oxygen atoms in total. The van der Waals surface area contributed by atoms with Gasteiger partial charge in [-0.05, 0) is 60.1 Å². The molecule has 0 aliphatic heterocycles. The summed E-state index contributed by atoms with van der Waals surface area (Å²) in [6.45, 7) is 4.03. The van der Waals surface area contributed by atoms with Crippen molar-refractivity contribution in [2.45, 2.75) is 13.8 Å². The Bertz CT molecular complexity index is 1030. The van der Waals surface area contributed by atoms with Crippen LogP contribution in [-0.4, -0.2) is 16.7 Å². The summed E-state index contributed by atoms with van der Waals surface area (Å²) >= 11 is 15.5. The lowest BCUT2D eigenvalue weighted by atomic mass is 10.2. The van der Waals surface area contributed by atoms with Crippen LogP contribution in [0.25, 0.3) is 5.69 Å². The molecule has 1 amide bonds. The maximum Gasteiger partial charge on any atom is 0.272 e. The number of halogens is 3. The van der Waals surface area contributed by atoms with Crippen LogP contribution in [0.15, 0.2) is 58.1 Å². The summed E-state index contributed by atoms with van der Waals surface area (Å²) in [5.41, 5.74) is 6.82. The molecule has 138 valence electrons. The predicted molar refractivity (Wildman–Crippen MR) is 114 cm³/mol. The molecule has 1 N–H and O–H groups in total. The van der Waals surface area contributed by atoms with Crippen molar-refractivity contribution in [3.63, 3.8) is 0 Å². The predicted octanol–water partition coefficient (Wildman–Crippen LogP) is 5.93. The van der Waals surface area contributed by atoms with E-state index < -0.39 is 5.91 Å². The van der Waals surface area contributed by atoms with Crippen LogP contribution in [0.4, 0.5) is 0 Å². The average Bonchev–Trinajstić information content (AvgIpc) is 2.85. The number of aromatic nitrogens is 1. The lowest BCUT2D eigenvalue weighted by molar-refractivity contribution is 0.0955. The minimum absolute atomic E-state index is 0.277. The standard InChI is InChI=1S/C20H16BrCl2N3O/c1-12-17(19(21)13(2)26(12)15-6-4-3-5-7-15)11-24-25-20(27)16-9-8-14(22)10-18(16)23/h3-11H,1-2H3,(H,25,27)/b24-11-. The first-order chi connectivity index (χ1) is 12.9. The smallest absolute Gasteiger partial charge is 0.272 e. The second kappa shape index (κ2) is 8.30. The summed E-state index contributed by atoms with van der Waals surface area (Å²) in [5, 5.41) is 4.84. The number of amides is 1. The quantitative estimate of drug-likeness (QED) is 0.377. The van der Waals surface area contributed by atoms with Gasteiger partial charge in [0.2, 0.25) is 0 Å². The van der Waals surface area contributed by atoms with Crippen molar-refractivity contribution in [1.82, 2.24) is 9.99 Å². The Hall–Kier alpha value is -2.08. The van der Waals surface area contributed by atoms with E-state index in [1.54, 1.807) is 18.3 Å². The molecule has 0 spiro atoms. The molecule has 0 saturated heterocycles. The monoisotopic (exact) mass is 463 g/mol. The molecule has 0 saturated carbocycles. The van der Waals surface area contributed by atoms with Gasteiger partial charge in [-0.15, -0.1) is 0 Å². The Morgan fingerprint density at radius 2 is 1.81 bits per heavy atom. The fourth-order valence-corrected chi connectivity index (χ4v) is 3.89. The van der Waals surface area contributed by atoms with Gasteiger partial charge >= 0.3 is 0 Å². The third-order valence-corrected chi connectivity index (χ3v) is 5.71. The largest absolute Gasteiger partial charge is 0.317 e. The van der Waals surface area contributed by atoms with Gasteiger partial charge < -0.3 is 4.57 Å². The molecule has 2 aromatic carbocycles. The van der Waals surface area contributed by atoms with Crippen LogP contribution in [0.2, 0.25) is 10.0 Å². The Morgan fingerprint density at radius 3 is 2.48 bits per heavy atom. The third kappa shape index (κ3) is 4.10. The summed E-state index contributed by atoms with van der Waals surface area (Å²) in [5.74, 6) is -0.402. The van der Waals surface area contributed by atoms with Crippen LogP contribution >= 0.6 is 39.1 Å². The fourth-order valence-electron chi connectivity index (χ4n) is 2.83. The van der Waals surface area contributed by atoms with E-state index in [9.17, 15) is 4.79 Å². The number of hydrogen-bond acceptors (Lipinski definition) is 2. The molecule has 1 aromatic heterocycles. The summed E-state index contributed by atoms with van der Waals surface area (Å²) in [7, 11) is 0. The molecule has 0 aliphatic carbocycles. The molecule has 7 heteroatoms. The highest BCUT2D eigenvalue weighted by Gasteiger charge is 2.16. The molecule has 3 rings (SSSR count). The molecule has 0 unspecified atom stereocenters. The first-order valence-corrected chi connectivity index (χ1v) is 9.66. The van der Waals surface area contributed by atoms with E-state index in [0.717, 1.165) is 27.1 Å². The normalized spacial score (nSPS) is 11.1. The van der Waals surface area contributed by atoms with Crippen molar-refractivity contribution >= 4 is 51.3 Å². The number of nitrogens with zero attached hydrogens (tertiary/aromatic N) is 2. The van der Waals surface area contributed by atoms with Crippen molar-refractivity contribution in [1.29, 1.82) is 0 Å². The molecular weight excluding hydrogens is 449 g/mol. The van der Waals surface area contributed by atoms with Crippen molar-refractivity contribution < 1.29 is 4.79 Å². The molecule has 0 bridgehead atoms. The molecule has 0 radical (unpaired) electrons. The van der Waals surface area contributed by atoms with Crippen molar-refractivity contribution in [2.75, 3.05) is 0 Å². The summed E-state index contributed by atoms with van der Waals surface area (Å²) < 4.78 is 3.05. The number of para-hydroxylation sites is 1. The lowest BCUT2D eigenvalue weighted by Crippen LogP contribution is -2.18. The van der Waals surface area contributed by atoms with Gasteiger partial charge in [0.15, 0.2) is 0 Å². The van der Waals surface area contributed by atoms with Crippen LogP contribution in [0.5, 0.6) is 0 Å². The van der Waals surface area contributed by atoms with Gasteiger partial charge in [-0.2, -0.15) is 5.10 Å². The van der Waals surface area contributed by atoms with E-state index in [2.05, 4.69) is 31.0 Å². The van der Waals surface area contributed by atoms with Crippen molar-refractivity contribution in [3.8, 4) is 5.69 Å². The second-order valence-electron chi connectivity index (χ2n) is 5.89. The summed E-state index contributed by atoms with van der Waals surface area (Å²) in [6.07, 6.45) is 1.62. The molecule has 27 heavy (non-hydrogen) atoms. The van der Waals surface area contributed by atoms with Crippen LogP contribution < -0.4 is 5.43 Å². The SMILES string of the molecule is Cc1c(Br)c(/C=N\NC(=O)c2ccc(Cl)cc2Cl)c(C)n1-c1ccccc1. The van der Waals surface area contributed by atoms with Gasteiger partial charge in [-0.25, -0.2) is 5.43 Å². The maximum absolute atomic E-state index is 12.3. The van der Waals surface area contributed by atoms with Crippen molar-refractivity contribution in [2.24, 2.45) is 5.10 Å². The Morgan fingerprint density at radius 1 is 1.11 bits per heavy atom. The Kier molecular flexibility index (Phi) is 6.05. The minimum Gasteiger partial charge on any atom is -0.317 e. The van der Waals surface area contributed by atoms with Gasteiger partial charge in [0.25, 0.3) is 5.91 Å². The van der Waals surface area contributed by atoms with Gasteiger partial charge in [-0.1, -0.05) is 41.4 Å². The van der Waals surface area contributed by atoms with Gasteiger partial charge in [0, 0.05) is 32.1 Å². The van der Waals surface area contributed by atoms with Crippen LogP contribution in [-0.2, 0) is 0 Å². The summed E-state index contributed by atoms with van der Waals surface area (Å²) in [4.78, 5) is 12.3. The highest BCUT2D eigenvalue weighted by molar-refractivity contribution is 9.10. The summed E-state index contributed by atoms with van der Waals surface area (Å²) in [6, 6.07) is 14.7. The zero-order valence-corrected chi connectivity index (χ0v) is 17.7. The van der Waals surface area contributed by atoms with E-state index >= 15 is 0 Å². The fraction of sp³-hybridized carbons (Fsp3) is 0.100. The second-order valence-corrected chi connectivity index (χ2v) is 7.53. The molecule has 0 aliphatic rings. The zero-order valence-electron chi connectivity index (χ0n) is 14.6. The molecule has 0 fully saturated rings. The maximum atomic E-state index is 12.3. The number of carbonyl (C=O) groups is 1. The number of carbonyl (C=O) groups excluding carboxylic acids is 1. The number of nitrogens with one attached hydrogen (secondary N) is 1. The number of benzene rings is 2. The molecular formula is C20H16BrCl2N3O. The van der Waals surface area contributed by atoms with Gasteiger partial charge in [0.05, 0.1) is 16.8 Å². The van der Waals surface area contributed by atoms with Crippen LogP contribution in [0.1, 0.15) is 27.3 Å². The first kappa shape index (κ1) is 19.7. The molecule has 1 heterocycles. The van der Waals surface area contributed by atoms with E-state index in [-0.39, 0.29) is 5.02 Å². The van der Waals surface area contributed by atoms with Crippen molar-refractivity contribution in [3.05, 3.63) is 85.6 Å². The first-order valence-electron chi connectivity index (χ1n) is 8.11. The van der Waals surface area contributed by atoms with E-state index in [1.807, 2.05) is 44.2 Å². The Labute approximate surface area is 175 Å². The molecule has 3 aromatic rings. The topological polar surface area (TPSA) is 46.4 Å². The van der Waals surface area contributed by atoms with Gasteiger partial charge in [0.1, 0.15) is 0 Å². The van der Waals surface area contributed by atoms with Gasteiger partial charge in [-0.3, -0.25) is 4.79 Å². The highest BCUT2D eigenvalue weighted by atomic mass is 79.9. The number of hydrazone groups is 1. The third-order valence-electron chi connectivity index (χ3n) is 4.16. The van der Waals surface area contributed by atoms with E-state index in [0.29, 0.717) is 10.6 Å². The average molecular weight is 465 g/mol. The van der Waals surface area contributed by atoms with Crippen LogP contribution in [0, 0.1) is 13.8 Å². The van der Waals surface area contributed by atoms with Crippen LogP contribution in [0.3, 0.4) is 0 Å². The lowest BCUT2D eigenvalue weighted by Gasteiger charge is -2.08. The highest BCUT2D eigenvalue weighted by Crippen LogP contribution is 2.29. The molecule has 0 atom stereocenters. The number of hydrogen-bond donors (Lipinski definition) is 1. The minimum atomic E-state index is -0.402.